The van der Waals surface area contributed by atoms with Crippen LogP contribution in [0.15, 0.2) is 0 Å². The molecule has 0 aliphatic carbocycles. The van der Waals surface area contributed by atoms with Crippen LogP contribution in [0.5, 0.6) is 0 Å². The molecule has 116 valence electrons. The molecule has 6 heteroatoms. The fourth-order valence-corrected chi connectivity index (χ4v) is 2.47. The van der Waals surface area contributed by atoms with Crippen molar-refractivity contribution >= 4 is 12.0 Å². The van der Waals surface area contributed by atoms with Crippen molar-refractivity contribution in [2.75, 3.05) is 27.2 Å². The highest BCUT2D eigenvalue weighted by Gasteiger charge is 2.29. The van der Waals surface area contributed by atoms with Crippen LogP contribution in [-0.2, 0) is 4.79 Å². The summed E-state index contributed by atoms with van der Waals surface area (Å²) in [6.07, 6.45) is 2.58. The number of hydrogen-bond donors (Lipinski definition) is 2. The van der Waals surface area contributed by atoms with E-state index in [0.717, 1.165) is 32.4 Å². The molecular weight excluding hydrogens is 258 g/mol. The van der Waals surface area contributed by atoms with Gasteiger partial charge in [0.15, 0.2) is 0 Å². The van der Waals surface area contributed by atoms with Crippen LogP contribution in [0.25, 0.3) is 0 Å². The Morgan fingerprint density at radius 1 is 1.40 bits per heavy atom. The number of rotatable bonds is 5. The first-order valence-electron chi connectivity index (χ1n) is 7.31. The van der Waals surface area contributed by atoms with Gasteiger partial charge in [0.25, 0.3) is 0 Å². The summed E-state index contributed by atoms with van der Waals surface area (Å²) < 4.78 is 0. The van der Waals surface area contributed by atoms with Crippen molar-refractivity contribution < 1.29 is 14.7 Å². The Balaban J connectivity index is 2.57. The van der Waals surface area contributed by atoms with Gasteiger partial charge in [0.1, 0.15) is 6.04 Å². The van der Waals surface area contributed by atoms with E-state index in [0.29, 0.717) is 0 Å². The fraction of sp³-hybridized carbons (Fsp3) is 0.857. The Kier molecular flexibility index (Phi) is 6.26. The number of carbonyl (C=O) groups excluding carboxylic acids is 1. The molecule has 0 spiro atoms. The van der Waals surface area contributed by atoms with Crippen molar-refractivity contribution in [1.82, 2.24) is 15.1 Å². The molecule has 1 aliphatic rings. The van der Waals surface area contributed by atoms with Gasteiger partial charge in [-0.3, -0.25) is 0 Å². The minimum atomic E-state index is -0.968. The van der Waals surface area contributed by atoms with Gasteiger partial charge in [-0.1, -0.05) is 20.3 Å². The van der Waals surface area contributed by atoms with Gasteiger partial charge in [-0.25, -0.2) is 9.59 Å². The first kappa shape index (κ1) is 16.8. The van der Waals surface area contributed by atoms with E-state index in [4.69, 9.17) is 0 Å². The van der Waals surface area contributed by atoms with Crippen molar-refractivity contribution in [2.45, 2.75) is 45.2 Å². The molecule has 2 atom stereocenters. The molecule has 20 heavy (non-hydrogen) atoms. The molecule has 6 nitrogen and oxygen atoms in total. The van der Waals surface area contributed by atoms with Crippen LogP contribution in [-0.4, -0.2) is 66.2 Å². The van der Waals surface area contributed by atoms with Gasteiger partial charge in [0.05, 0.1) is 0 Å². The first-order chi connectivity index (χ1) is 9.36. The number of hydrogen-bond acceptors (Lipinski definition) is 3. The van der Waals surface area contributed by atoms with Crippen LogP contribution in [0.2, 0.25) is 0 Å². The third-order valence-electron chi connectivity index (χ3n) is 4.31. The Morgan fingerprint density at radius 3 is 2.40 bits per heavy atom. The summed E-state index contributed by atoms with van der Waals surface area (Å²) in [5.74, 6) is -1.05. The molecule has 0 unspecified atom stereocenters. The van der Waals surface area contributed by atoms with Gasteiger partial charge < -0.3 is 20.2 Å². The predicted octanol–water partition coefficient (Wildman–Crippen LogP) is 1.22. The average molecular weight is 285 g/mol. The third kappa shape index (κ3) is 4.37. The third-order valence-corrected chi connectivity index (χ3v) is 4.31. The molecule has 0 bridgehead atoms. The van der Waals surface area contributed by atoms with Gasteiger partial charge >= 0.3 is 12.0 Å². The predicted molar refractivity (Wildman–Crippen MR) is 77.7 cm³/mol. The number of piperidine rings is 1. The highest BCUT2D eigenvalue weighted by atomic mass is 16.4. The minimum absolute atomic E-state index is 0.0812. The monoisotopic (exact) mass is 285 g/mol. The molecule has 0 aromatic heterocycles. The molecule has 1 heterocycles. The first-order valence-corrected chi connectivity index (χ1v) is 7.31. The van der Waals surface area contributed by atoms with Gasteiger partial charge in [-0.05, 0) is 38.9 Å². The Hall–Kier alpha value is -1.30. The highest BCUT2D eigenvalue weighted by Crippen LogP contribution is 2.15. The number of amides is 2. The number of urea groups is 1. The summed E-state index contributed by atoms with van der Waals surface area (Å²) >= 11 is 0. The van der Waals surface area contributed by atoms with Crippen LogP contribution < -0.4 is 5.32 Å². The number of carboxylic acids is 1. The lowest BCUT2D eigenvalue weighted by atomic mass is 9.99. The molecule has 2 N–H and O–H groups in total. The molecule has 2 amide bonds. The van der Waals surface area contributed by atoms with Crippen molar-refractivity contribution in [3.8, 4) is 0 Å². The number of nitrogens with one attached hydrogen (secondary N) is 1. The summed E-state index contributed by atoms with van der Waals surface area (Å²) in [6.45, 7) is 5.70. The summed E-state index contributed by atoms with van der Waals surface area (Å²) in [5.41, 5.74) is 0. The number of aliphatic carboxylic acids is 1. The molecule has 1 aliphatic heterocycles. The maximum atomic E-state index is 12.2. The molecular formula is C14H27N3O3. The molecule has 0 radical (unpaired) electrons. The lowest BCUT2D eigenvalue weighted by Crippen LogP contribution is -2.53. The van der Waals surface area contributed by atoms with E-state index in [1.807, 2.05) is 13.8 Å². The van der Waals surface area contributed by atoms with Crippen molar-refractivity contribution in [3.63, 3.8) is 0 Å². The molecule has 1 saturated heterocycles. The molecule has 0 aromatic carbocycles. The van der Waals surface area contributed by atoms with E-state index in [9.17, 15) is 14.7 Å². The van der Waals surface area contributed by atoms with Crippen molar-refractivity contribution in [2.24, 2.45) is 5.92 Å². The number of likely N-dealkylation sites (tertiary alicyclic amines) is 1. The summed E-state index contributed by atoms with van der Waals surface area (Å²) in [6, 6.07) is -0.911. The summed E-state index contributed by atoms with van der Waals surface area (Å²) in [4.78, 5) is 27.3. The standard InChI is InChI=1S/C14H27N3O3/c1-5-10(2)12(13(18)19)15-14(20)17(4)11-6-8-16(3)9-7-11/h10-12H,5-9H2,1-4H3,(H,15,20)(H,18,19)/t10-,12-/m0/s1. The smallest absolute Gasteiger partial charge is 0.326 e. The normalized spacial score (nSPS) is 20.2. The lowest BCUT2D eigenvalue weighted by Gasteiger charge is -2.35. The largest absolute Gasteiger partial charge is 0.480 e. The van der Waals surface area contributed by atoms with E-state index in [-0.39, 0.29) is 18.0 Å². The number of nitrogens with zero attached hydrogens (tertiary/aromatic N) is 2. The van der Waals surface area contributed by atoms with Crippen LogP contribution in [0.3, 0.4) is 0 Å². The molecule has 1 rings (SSSR count). The van der Waals surface area contributed by atoms with E-state index >= 15 is 0 Å². The molecule has 0 aromatic rings. The van der Waals surface area contributed by atoms with Gasteiger partial charge in [-0.15, -0.1) is 0 Å². The van der Waals surface area contributed by atoms with Crippen LogP contribution in [0.4, 0.5) is 4.79 Å². The topological polar surface area (TPSA) is 72.9 Å². The van der Waals surface area contributed by atoms with Gasteiger partial charge in [-0.2, -0.15) is 0 Å². The number of carboxylic acid groups (broad SMARTS) is 1. The Labute approximate surface area is 121 Å². The maximum absolute atomic E-state index is 12.2. The van der Waals surface area contributed by atoms with E-state index in [1.54, 1.807) is 11.9 Å². The SMILES string of the molecule is CC[C@H](C)[C@H](NC(=O)N(C)C1CCN(C)CC1)C(=O)O. The van der Waals surface area contributed by atoms with Crippen molar-refractivity contribution in [1.29, 1.82) is 0 Å². The van der Waals surface area contributed by atoms with E-state index < -0.39 is 12.0 Å². The Morgan fingerprint density at radius 2 is 1.95 bits per heavy atom. The second-order valence-electron chi connectivity index (χ2n) is 5.80. The quantitative estimate of drug-likeness (QED) is 0.796. The van der Waals surface area contributed by atoms with Crippen molar-refractivity contribution in [3.05, 3.63) is 0 Å². The Bertz CT molecular complexity index is 341. The van der Waals surface area contributed by atoms with Gasteiger partial charge in [0, 0.05) is 13.1 Å². The highest BCUT2D eigenvalue weighted by molar-refractivity contribution is 5.82. The zero-order valence-electron chi connectivity index (χ0n) is 12.9. The lowest BCUT2D eigenvalue weighted by molar-refractivity contribution is -0.140. The second kappa shape index (κ2) is 7.47. The zero-order chi connectivity index (χ0) is 15.3. The van der Waals surface area contributed by atoms with Crippen LogP contribution in [0, 0.1) is 5.92 Å². The second-order valence-corrected chi connectivity index (χ2v) is 5.80. The average Bonchev–Trinajstić information content (AvgIpc) is 2.43. The minimum Gasteiger partial charge on any atom is -0.480 e. The number of carbonyl (C=O) groups is 2. The fourth-order valence-electron chi connectivity index (χ4n) is 2.47. The van der Waals surface area contributed by atoms with E-state index in [2.05, 4.69) is 17.3 Å². The summed E-state index contributed by atoms with van der Waals surface area (Å²) in [7, 11) is 3.82. The van der Waals surface area contributed by atoms with Gasteiger partial charge in [0.2, 0.25) is 0 Å². The molecule has 0 saturated carbocycles. The zero-order valence-corrected chi connectivity index (χ0v) is 12.9. The summed E-state index contributed by atoms with van der Waals surface area (Å²) in [5, 5.41) is 11.9. The molecule has 1 fully saturated rings. The van der Waals surface area contributed by atoms with Crippen LogP contribution >= 0.6 is 0 Å². The van der Waals surface area contributed by atoms with E-state index in [1.165, 1.54) is 0 Å². The maximum Gasteiger partial charge on any atom is 0.326 e. The van der Waals surface area contributed by atoms with Crippen LogP contribution in [0.1, 0.15) is 33.1 Å².